The Morgan fingerprint density at radius 2 is 0.606 bits per heavy atom. The highest BCUT2D eigenvalue weighted by molar-refractivity contribution is 6.33. The molecule has 0 bridgehead atoms. The molecule has 4 nitrogen and oxygen atoms in total. The molecule has 4 heteroatoms. The van der Waals surface area contributed by atoms with Crippen molar-refractivity contribution in [2.45, 2.75) is 52.4 Å². The maximum Gasteiger partial charge on any atom is 0.0644 e. The van der Waals surface area contributed by atoms with Crippen molar-refractivity contribution in [3.63, 3.8) is 0 Å². The predicted molar refractivity (Wildman–Crippen MR) is 283 cm³/mol. The first kappa shape index (κ1) is 38.6. The van der Waals surface area contributed by atoms with Crippen LogP contribution in [-0.2, 0) is 10.8 Å². The molecular formula is C62H50N4. The molecule has 318 valence electrons. The summed E-state index contributed by atoms with van der Waals surface area (Å²) in [5.74, 6) is 0. The summed E-state index contributed by atoms with van der Waals surface area (Å²) in [5.41, 5.74) is 16.7. The summed E-state index contributed by atoms with van der Waals surface area (Å²) in [6.07, 6.45) is 0. The second kappa shape index (κ2) is 13.8. The van der Waals surface area contributed by atoms with Crippen LogP contribution in [0.4, 0.5) is 34.1 Å². The smallest absolute Gasteiger partial charge is 0.0644 e. The van der Waals surface area contributed by atoms with Crippen molar-refractivity contribution in [3.05, 3.63) is 205 Å². The van der Waals surface area contributed by atoms with Gasteiger partial charge in [0.2, 0.25) is 0 Å². The fourth-order valence-electron chi connectivity index (χ4n) is 11.4. The molecule has 0 saturated heterocycles. The second-order valence-electron chi connectivity index (χ2n) is 20.2. The number of aromatic nitrogens is 2. The number of fused-ring (bicyclic) bond motifs is 12. The Labute approximate surface area is 384 Å². The van der Waals surface area contributed by atoms with Crippen molar-refractivity contribution in [3.8, 4) is 0 Å². The van der Waals surface area contributed by atoms with E-state index in [1.54, 1.807) is 0 Å². The van der Waals surface area contributed by atoms with Gasteiger partial charge in [0.05, 0.1) is 44.5 Å². The molecule has 0 unspecified atom stereocenters. The van der Waals surface area contributed by atoms with Crippen molar-refractivity contribution < 1.29 is 0 Å². The topological polar surface area (TPSA) is 15.3 Å². The highest BCUT2D eigenvalue weighted by Gasteiger charge is 2.33. The molecule has 0 aliphatic carbocycles. The van der Waals surface area contributed by atoms with Crippen LogP contribution in [0.1, 0.15) is 52.7 Å². The van der Waals surface area contributed by atoms with Gasteiger partial charge in [0.25, 0.3) is 0 Å². The Morgan fingerprint density at radius 1 is 0.303 bits per heavy atom. The third-order valence-corrected chi connectivity index (χ3v) is 14.1. The van der Waals surface area contributed by atoms with Crippen molar-refractivity contribution in [1.29, 1.82) is 0 Å². The van der Waals surface area contributed by atoms with E-state index in [1.807, 2.05) is 0 Å². The van der Waals surface area contributed by atoms with E-state index in [9.17, 15) is 0 Å². The zero-order chi connectivity index (χ0) is 44.6. The highest BCUT2D eigenvalue weighted by Crippen LogP contribution is 2.54. The van der Waals surface area contributed by atoms with Gasteiger partial charge in [0.1, 0.15) is 0 Å². The van der Waals surface area contributed by atoms with Gasteiger partial charge < -0.3 is 18.6 Å². The molecule has 0 spiro atoms. The molecule has 4 heterocycles. The molecule has 0 amide bonds. The predicted octanol–water partition coefficient (Wildman–Crippen LogP) is 17.5. The van der Waals surface area contributed by atoms with Crippen LogP contribution in [0, 0.1) is 0 Å². The van der Waals surface area contributed by atoms with E-state index in [2.05, 4.69) is 254 Å². The maximum atomic E-state index is 2.60. The van der Waals surface area contributed by atoms with Gasteiger partial charge in [-0.3, -0.25) is 0 Å². The van der Waals surface area contributed by atoms with Gasteiger partial charge in [0, 0.05) is 65.8 Å². The fraction of sp³-hybridized carbons (Fsp3) is 0.129. The average molecular weight is 851 g/mol. The minimum absolute atomic E-state index is 0.178. The van der Waals surface area contributed by atoms with Gasteiger partial charge in [-0.05, 0) is 107 Å². The Balaban J connectivity index is 1.23. The molecule has 0 aliphatic rings. The molecule has 0 atom stereocenters. The van der Waals surface area contributed by atoms with Gasteiger partial charge in [-0.15, -0.1) is 0 Å². The minimum atomic E-state index is -0.178. The van der Waals surface area contributed by atoms with E-state index in [0.29, 0.717) is 0 Å². The van der Waals surface area contributed by atoms with Crippen LogP contribution >= 0.6 is 0 Å². The second-order valence-corrected chi connectivity index (χ2v) is 20.2. The molecule has 0 fully saturated rings. The van der Waals surface area contributed by atoms with Crippen LogP contribution in [0.15, 0.2) is 194 Å². The Kier molecular flexibility index (Phi) is 8.10. The van der Waals surface area contributed by atoms with Crippen molar-refractivity contribution in [1.82, 2.24) is 8.80 Å². The molecule has 0 saturated carbocycles. The van der Waals surface area contributed by atoms with E-state index in [0.717, 1.165) is 22.7 Å². The summed E-state index contributed by atoms with van der Waals surface area (Å²) < 4.78 is 5.20. The van der Waals surface area contributed by atoms with Crippen LogP contribution in [0.25, 0.3) is 76.2 Å². The number of anilines is 6. The number of hydrogen-bond donors (Lipinski definition) is 0. The Bertz CT molecular complexity index is 3640. The maximum absolute atomic E-state index is 2.60. The largest absolute Gasteiger partial charge is 0.310 e. The molecule has 13 aromatic rings. The molecule has 0 radical (unpaired) electrons. The van der Waals surface area contributed by atoms with Gasteiger partial charge in [-0.25, -0.2) is 0 Å². The fourth-order valence-corrected chi connectivity index (χ4v) is 11.4. The van der Waals surface area contributed by atoms with E-state index < -0.39 is 0 Å². The quantitative estimate of drug-likeness (QED) is 0.166. The van der Waals surface area contributed by atoms with Gasteiger partial charge in [-0.2, -0.15) is 0 Å². The van der Waals surface area contributed by atoms with Gasteiger partial charge in [0.15, 0.2) is 0 Å². The molecule has 66 heavy (non-hydrogen) atoms. The zero-order valence-corrected chi connectivity index (χ0v) is 38.3. The van der Waals surface area contributed by atoms with Crippen LogP contribution in [-0.4, -0.2) is 8.80 Å². The third kappa shape index (κ3) is 5.39. The lowest BCUT2D eigenvalue weighted by atomic mass is 9.82. The standard InChI is InChI=1S/C62H50N4/c1-61(2,3)47-37-53(63(39-23-11-7-12-24-39)40-25-13-8-14-26-40)57-43-31-19-21-33-49(43)65-51-36-46-52(35-45(51)55(47)59(57)65)66-50-34-22-20-32-44(50)58-54(38-48(62(4,5)6)56(46)60(58)66)64(41-27-15-9-16-28-41)42-29-17-10-18-30-42/h7-38H,1-6H3. The van der Waals surface area contributed by atoms with Crippen LogP contribution in [0.5, 0.6) is 0 Å². The first-order valence-corrected chi connectivity index (χ1v) is 23.3. The summed E-state index contributed by atoms with van der Waals surface area (Å²) >= 11 is 0. The zero-order valence-electron chi connectivity index (χ0n) is 38.3. The minimum Gasteiger partial charge on any atom is -0.310 e. The number of hydrogen-bond acceptors (Lipinski definition) is 2. The first-order chi connectivity index (χ1) is 32.1. The Hall–Kier alpha value is -7.82. The number of para-hydroxylation sites is 6. The summed E-state index contributed by atoms with van der Waals surface area (Å²) in [6.45, 7) is 14.3. The van der Waals surface area contributed by atoms with Crippen molar-refractivity contribution in [2.75, 3.05) is 9.80 Å². The first-order valence-electron chi connectivity index (χ1n) is 23.3. The van der Waals surface area contributed by atoms with E-state index in [4.69, 9.17) is 0 Å². The molecule has 0 N–H and O–H groups in total. The van der Waals surface area contributed by atoms with Gasteiger partial charge in [-0.1, -0.05) is 151 Å². The summed E-state index contributed by atoms with van der Waals surface area (Å²) in [4.78, 5) is 4.93. The van der Waals surface area contributed by atoms with Crippen LogP contribution in [0.3, 0.4) is 0 Å². The third-order valence-electron chi connectivity index (χ3n) is 14.1. The summed E-state index contributed by atoms with van der Waals surface area (Å²) in [5, 5.41) is 10.3. The molecular weight excluding hydrogens is 801 g/mol. The molecule has 13 rings (SSSR count). The lowest BCUT2D eigenvalue weighted by Crippen LogP contribution is -2.15. The SMILES string of the molecule is CC(C)(C)c1cc(N(c2ccccc2)c2ccccc2)c2c3ccccc3n3c4cc5c6c(C(C)(C)C)cc(N(c7ccccc7)c7ccccc7)c7c8ccccc8n(c5cc4c1c23)c76. The highest BCUT2D eigenvalue weighted by atomic mass is 15.2. The lowest BCUT2D eigenvalue weighted by Gasteiger charge is -2.29. The van der Waals surface area contributed by atoms with E-state index in [1.165, 1.54) is 98.7 Å². The lowest BCUT2D eigenvalue weighted by molar-refractivity contribution is 0.596. The van der Waals surface area contributed by atoms with Crippen molar-refractivity contribution in [2.24, 2.45) is 0 Å². The van der Waals surface area contributed by atoms with Crippen molar-refractivity contribution >= 4 is 110 Å². The average Bonchev–Trinajstić information content (AvgIpc) is 4.06. The van der Waals surface area contributed by atoms with E-state index >= 15 is 0 Å². The van der Waals surface area contributed by atoms with Crippen LogP contribution in [0.2, 0.25) is 0 Å². The van der Waals surface area contributed by atoms with E-state index in [-0.39, 0.29) is 10.8 Å². The molecule has 9 aromatic carbocycles. The Morgan fingerprint density at radius 3 is 0.924 bits per heavy atom. The summed E-state index contributed by atoms with van der Waals surface area (Å²) in [7, 11) is 0. The van der Waals surface area contributed by atoms with Gasteiger partial charge >= 0.3 is 0 Å². The van der Waals surface area contributed by atoms with Crippen LogP contribution < -0.4 is 9.80 Å². The number of rotatable bonds is 6. The normalized spacial score (nSPS) is 12.7. The molecule has 4 aromatic heterocycles. The molecule has 0 aliphatic heterocycles. The number of nitrogens with zero attached hydrogens (tertiary/aromatic N) is 4. The monoisotopic (exact) mass is 850 g/mol. The summed E-state index contributed by atoms with van der Waals surface area (Å²) in [6, 6.07) is 71.7. The number of benzene rings is 9.